The van der Waals surface area contributed by atoms with Crippen LogP contribution in [0, 0.1) is 0 Å². The SMILES string of the molecule is Cl.Cl.Nc1ccc(Oc2ccc3c(c2)C[C@@H](NC[C@H](O)c2ccc(Cl)cc2)CC3)cc1C(=O)O. The minimum Gasteiger partial charge on any atom is -0.478 e. The summed E-state index contributed by atoms with van der Waals surface area (Å²) in [5.41, 5.74) is 9.22. The maximum Gasteiger partial charge on any atom is 0.337 e. The van der Waals surface area contributed by atoms with Gasteiger partial charge < -0.3 is 26.0 Å². The van der Waals surface area contributed by atoms with Gasteiger partial charge in [0.2, 0.25) is 0 Å². The normalized spacial score (nSPS) is 15.3. The van der Waals surface area contributed by atoms with Gasteiger partial charge in [-0.15, -0.1) is 24.8 Å². The fraction of sp³-hybridized carbons (Fsp3) is 0.240. The first-order chi connectivity index (χ1) is 15.4. The molecule has 0 saturated heterocycles. The third kappa shape index (κ3) is 6.78. The first-order valence-corrected chi connectivity index (χ1v) is 10.9. The second-order valence-corrected chi connectivity index (χ2v) is 8.44. The Labute approximate surface area is 215 Å². The monoisotopic (exact) mass is 524 g/mol. The largest absolute Gasteiger partial charge is 0.478 e. The lowest BCUT2D eigenvalue weighted by Crippen LogP contribution is -2.37. The average molecular weight is 526 g/mol. The van der Waals surface area contributed by atoms with Crippen LogP contribution in [-0.4, -0.2) is 28.8 Å². The Hall–Kier alpha value is -2.48. The molecule has 0 fully saturated rings. The summed E-state index contributed by atoms with van der Waals surface area (Å²) in [5, 5.41) is 23.8. The summed E-state index contributed by atoms with van der Waals surface area (Å²) >= 11 is 5.92. The molecule has 1 aliphatic carbocycles. The Balaban J connectivity index is 0.00000204. The van der Waals surface area contributed by atoms with Crippen LogP contribution >= 0.6 is 36.4 Å². The van der Waals surface area contributed by atoms with Gasteiger partial charge in [0.25, 0.3) is 0 Å². The summed E-state index contributed by atoms with van der Waals surface area (Å²) in [5.74, 6) is -0.0204. The number of hydrogen-bond donors (Lipinski definition) is 4. The number of aliphatic hydroxyl groups excluding tert-OH is 1. The quantitative estimate of drug-likeness (QED) is 0.306. The number of benzene rings is 3. The Morgan fingerprint density at radius 1 is 1.06 bits per heavy atom. The van der Waals surface area contributed by atoms with Crippen molar-refractivity contribution >= 4 is 48.1 Å². The van der Waals surface area contributed by atoms with Gasteiger partial charge in [0, 0.05) is 23.3 Å². The molecular weight excluding hydrogens is 499 g/mol. The third-order valence-corrected chi connectivity index (χ3v) is 6.00. The lowest BCUT2D eigenvalue weighted by Gasteiger charge is -2.27. The molecule has 9 heteroatoms. The molecule has 3 aromatic carbocycles. The summed E-state index contributed by atoms with van der Waals surface area (Å²) in [6.07, 6.45) is 2.15. The number of anilines is 1. The molecule has 0 spiro atoms. The summed E-state index contributed by atoms with van der Waals surface area (Å²) in [4.78, 5) is 11.3. The van der Waals surface area contributed by atoms with Crippen LogP contribution in [0.5, 0.6) is 11.5 Å². The third-order valence-electron chi connectivity index (χ3n) is 5.75. The summed E-state index contributed by atoms with van der Waals surface area (Å²) in [6.45, 7) is 0.460. The average Bonchev–Trinajstić information content (AvgIpc) is 2.78. The van der Waals surface area contributed by atoms with E-state index in [-0.39, 0.29) is 42.1 Å². The number of carboxylic acids is 1. The van der Waals surface area contributed by atoms with Gasteiger partial charge in [0.1, 0.15) is 11.5 Å². The summed E-state index contributed by atoms with van der Waals surface area (Å²) in [7, 11) is 0. The van der Waals surface area contributed by atoms with E-state index in [2.05, 4.69) is 11.4 Å². The molecule has 0 saturated carbocycles. The highest BCUT2D eigenvalue weighted by Crippen LogP contribution is 2.30. The Kier molecular flexibility index (Phi) is 10.0. The van der Waals surface area contributed by atoms with Gasteiger partial charge in [-0.25, -0.2) is 4.79 Å². The lowest BCUT2D eigenvalue weighted by atomic mass is 9.88. The van der Waals surface area contributed by atoms with Gasteiger partial charge >= 0.3 is 5.97 Å². The van der Waals surface area contributed by atoms with Crippen molar-refractivity contribution in [1.29, 1.82) is 0 Å². The van der Waals surface area contributed by atoms with E-state index in [0.29, 0.717) is 23.1 Å². The van der Waals surface area contributed by atoms with E-state index in [1.807, 2.05) is 24.3 Å². The van der Waals surface area contributed by atoms with Crippen molar-refractivity contribution in [3.05, 3.63) is 87.9 Å². The first kappa shape index (κ1) is 27.8. The molecule has 182 valence electrons. The number of nitrogens with two attached hydrogens (primary N) is 1. The van der Waals surface area contributed by atoms with Crippen molar-refractivity contribution in [2.24, 2.45) is 0 Å². The predicted molar refractivity (Wildman–Crippen MR) is 139 cm³/mol. The predicted octanol–water partition coefficient (Wildman–Crippen LogP) is 5.44. The van der Waals surface area contributed by atoms with Gasteiger partial charge in [-0.1, -0.05) is 29.8 Å². The molecular formula is C25H27Cl3N2O4. The fourth-order valence-electron chi connectivity index (χ4n) is 3.97. The zero-order valence-corrected chi connectivity index (χ0v) is 20.6. The molecule has 1 aliphatic rings. The molecule has 2 atom stereocenters. The number of carboxylic acid groups (broad SMARTS) is 1. The van der Waals surface area contributed by atoms with Crippen LogP contribution in [0.25, 0.3) is 0 Å². The van der Waals surface area contributed by atoms with Gasteiger partial charge in [-0.3, -0.25) is 0 Å². The second-order valence-electron chi connectivity index (χ2n) is 8.00. The zero-order valence-electron chi connectivity index (χ0n) is 18.2. The van der Waals surface area contributed by atoms with Crippen molar-refractivity contribution in [3.8, 4) is 11.5 Å². The number of rotatable bonds is 7. The van der Waals surface area contributed by atoms with Crippen molar-refractivity contribution in [3.63, 3.8) is 0 Å². The first-order valence-electron chi connectivity index (χ1n) is 10.5. The summed E-state index contributed by atoms with van der Waals surface area (Å²) in [6, 6.07) is 18.0. The maximum atomic E-state index is 11.3. The van der Waals surface area contributed by atoms with Crippen LogP contribution in [0.3, 0.4) is 0 Å². The van der Waals surface area contributed by atoms with Crippen LogP contribution in [-0.2, 0) is 12.8 Å². The van der Waals surface area contributed by atoms with E-state index in [1.54, 1.807) is 18.2 Å². The van der Waals surface area contributed by atoms with Crippen LogP contribution in [0.15, 0.2) is 60.7 Å². The number of carbonyl (C=O) groups is 1. The Bertz CT molecular complexity index is 1130. The second kappa shape index (κ2) is 12.3. The van der Waals surface area contributed by atoms with Gasteiger partial charge in [-0.2, -0.15) is 0 Å². The molecule has 0 heterocycles. The molecule has 5 N–H and O–H groups in total. The van der Waals surface area contributed by atoms with E-state index >= 15 is 0 Å². The van der Waals surface area contributed by atoms with Crippen LogP contribution in [0.1, 0.15) is 39.6 Å². The molecule has 0 aromatic heterocycles. The van der Waals surface area contributed by atoms with E-state index in [0.717, 1.165) is 24.8 Å². The lowest BCUT2D eigenvalue weighted by molar-refractivity contribution is 0.0697. The maximum absolute atomic E-state index is 11.3. The zero-order chi connectivity index (χ0) is 22.7. The number of halogens is 3. The number of ether oxygens (including phenoxy) is 1. The van der Waals surface area contributed by atoms with Crippen LogP contribution in [0.4, 0.5) is 5.69 Å². The van der Waals surface area contributed by atoms with E-state index < -0.39 is 12.1 Å². The number of aromatic carboxylic acids is 1. The number of aliphatic hydroxyl groups is 1. The topological polar surface area (TPSA) is 105 Å². The number of aryl methyl sites for hydroxylation is 1. The highest BCUT2D eigenvalue weighted by molar-refractivity contribution is 6.30. The molecule has 6 nitrogen and oxygen atoms in total. The number of nitrogen functional groups attached to an aromatic ring is 1. The highest BCUT2D eigenvalue weighted by atomic mass is 35.5. The van der Waals surface area contributed by atoms with Gasteiger partial charge in [-0.05, 0) is 78.4 Å². The van der Waals surface area contributed by atoms with Crippen molar-refractivity contribution in [1.82, 2.24) is 5.32 Å². The van der Waals surface area contributed by atoms with Gasteiger partial charge in [0.15, 0.2) is 0 Å². The molecule has 0 unspecified atom stereocenters. The van der Waals surface area contributed by atoms with E-state index in [4.69, 9.17) is 22.1 Å². The Morgan fingerprint density at radius 3 is 2.44 bits per heavy atom. The molecule has 4 rings (SSSR count). The number of hydrogen-bond acceptors (Lipinski definition) is 5. The van der Waals surface area contributed by atoms with Crippen molar-refractivity contribution in [2.75, 3.05) is 12.3 Å². The van der Waals surface area contributed by atoms with E-state index in [9.17, 15) is 15.0 Å². The van der Waals surface area contributed by atoms with E-state index in [1.165, 1.54) is 23.3 Å². The minimum absolute atomic E-state index is 0. The standard InChI is InChI=1S/C25H25ClN2O4.2ClH/c26-18-5-1-16(2-6-18)24(29)14-28-19-7-3-15-4-8-20(12-17(15)11-19)32-21-9-10-23(27)22(13-21)25(30)31;;/h1-2,4-6,8-10,12-13,19,24,28-29H,3,7,11,14,27H2,(H,30,31);2*1H/t19-,24-;;/m0../s1. The summed E-state index contributed by atoms with van der Waals surface area (Å²) < 4.78 is 5.90. The molecule has 0 amide bonds. The number of fused-ring (bicyclic) bond motifs is 1. The molecule has 0 bridgehead atoms. The van der Waals surface area contributed by atoms with Crippen LogP contribution < -0.4 is 15.8 Å². The minimum atomic E-state index is -1.09. The van der Waals surface area contributed by atoms with Crippen molar-refractivity contribution < 1.29 is 19.7 Å². The van der Waals surface area contributed by atoms with Crippen molar-refractivity contribution in [2.45, 2.75) is 31.4 Å². The molecule has 0 radical (unpaired) electrons. The molecule has 0 aliphatic heterocycles. The molecule has 34 heavy (non-hydrogen) atoms. The number of nitrogens with one attached hydrogen (secondary N) is 1. The van der Waals surface area contributed by atoms with Gasteiger partial charge in [0.05, 0.1) is 11.7 Å². The smallest absolute Gasteiger partial charge is 0.337 e. The molecule has 3 aromatic rings. The van der Waals surface area contributed by atoms with Crippen LogP contribution in [0.2, 0.25) is 5.02 Å². The Morgan fingerprint density at radius 2 is 1.74 bits per heavy atom. The fourth-order valence-corrected chi connectivity index (χ4v) is 4.10. The highest BCUT2D eigenvalue weighted by Gasteiger charge is 2.20.